The predicted molar refractivity (Wildman–Crippen MR) is 68.8 cm³/mol. The number of aromatic nitrogens is 4. The molecule has 2 aromatic heterocycles. The maximum Gasteiger partial charge on any atom is 0.234 e. The fourth-order valence-electron chi connectivity index (χ4n) is 2.13. The van der Waals surface area contributed by atoms with Crippen molar-refractivity contribution >= 4 is 16.3 Å². The van der Waals surface area contributed by atoms with Crippen molar-refractivity contribution in [2.75, 3.05) is 19.8 Å². The van der Waals surface area contributed by atoms with Crippen LogP contribution in [0.2, 0.25) is 0 Å². The molecule has 1 fully saturated rings. The third-order valence-electron chi connectivity index (χ3n) is 3.28. The van der Waals surface area contributed by atoms with E-state index in [1.54, 1.807) is 11.3 Å². The van der Waals surface area contributed by atoms with E-state index in [0.29, 0.717) is 18.4 Å². The number of ether oxygens (including phenoxy) is 1. The molecule has 1 aliphatic rings. The summed E-state index contributed by atoms with van der Waals surface area (Å²) in [5, 5.41) is 14.1. The van der Waals surface area contributed by atoms with Gasteiger partial charge in [-0.1, -0.05) is 18.3 Å². The van der Waals surface area contributed by atoms with Gasteiger partial charge in [-0.3, -0.25) is 0 Å². The van der Waals surface area contributed by atoms with Gasteiger partial charge in [-0.15, -0.1) is 10.2 Å². The molecule has 0 radical (unpaired) electrons. The molecule has 3 rings (SSSR count). The average molecular weight is 267 g/mol. The van der Waals surface area contributed by atoms with Crippen molar-refractivity contribution in [3.05, 3.63) is 10.8 Å². The second-order valence-corrected chi connectivity index (χ2v) is 5.89. The first-order valence-electron chi connectivity index (χ1n) is 6.26. The highest BCUT2D eigenvalue weighted by Gasteiger charge is 2.24. The smallest absolute Gasteiger partial charge is 0.234 e. The van der Waals surface area contributed by atoms with Crippen LogP contribution in [0.25, 0.3) is 4.96 Å². The number of hydrogen-bond donors (Lipinski definition) is 1. The van der Waals surface area contributed by atoms with E-state index >= 15 is 0 Å². The number of rotatable bonds is 4. The summed E-state index contributed by atoms with van der Waals surface area (Å²) in [4.78, 5) is 0.871. The lowest BCUT2D eigenvalue weighted by Crippen LogP contribution is -2.13. The summed E-state index contributed by atoms with van der Waals surface area (Å²) >= 11 is 1.60. The standard InChI is InChI=1S/C11H17N5OS/c1-7(5-12)4-9-15-16-10(8-2-3-17-6-8)13-14-11(16)18-9/h7-8H,2-6,12H2,1H3. The Bertz CT molecular complexity index is 531. The molecule has 0 amide bonds. The Morgan fingerprint density at radius 3 is 3.17 bits per heavy atom. The van der Waals surface area contributed by atoms with Crippen LogP contribution in [0.4, 0.5) is 0 Å². The van der Waals surface area contributed by atoms with Crippen molar-refractivity contribution in [2.24, 2.45) is 11.7 Å². The van der Waals surface area contributed by atoms with Crippen LogP contribution in [-0.2, 0) is 11.2 Å². The summed E-state index contributed by atoms with van der Waals surface area (Å²) in [5.41, 5.74) is 5.64. The molecule has 0 spiro atoms. The number of nitrogens with two attached hydrogens (primary N) is 1. The van der Waals surface area contributed by atoms with Gasteiger partial charge in [0.1, 0.15) is 5.01 Å². The van der Waals surface area contributed by atoms with E-state index in [1.807, 2.05) is 4.52 Å². The molecule has 2 aromatic rings. The van der Waals surface area contributed by atoms with Crippen LogP contribution in [-0.4, -0.2) is 39.6 Å². The van der Waals surface area contributed by atoms with Crippen molar-refractivity contribution in [1.82, 2.24) is 19.8 Å². The third kappa shape index (κ3) is 2.13. The Kier molecular flexibility index (Phi) is 3.27. The maximum absolute atomic E-state index is 5.64. The lowest BCUT2D eigenvalue weighted by atomic mass is 10.1. The van der Waals surface area contributed by atoms with E-state index in [2.05, 4.69) is 22.2 Å². The molecule has 3 heterocycles. The molecule has 2 unspecified atom stereocenters. The Hall–Kier alpha value is -1.05. The summed E-state index contributed by atoms with van der Waals surface area (Å²) in [6, 6.07) is 0. The zero-order chi connectivity index (χ0) is 12.5. The number of hydrogen-bond acceptors (Lipinski definition) is 6. The summed E-state index contributed by atoms with van der Waals surface area (Å²) in [6.07, 6.45) is 1.91. The Labute approximate surface area is 109 Å². The molecule has 98 valence electrons. The van der Waals surface area contributed by atoms with E-state index in [4.69, 9.17) is 10.5 Å². The minimum Gasteiger partial charge on any atom is -0.381 e. The molecule has 18 heavy (non-hydrogen) atoms. The Balaban J connectivity index is 1.88. The SMILES string of the molecule is CC(CN)Cc1nn2c(C3CCOC3)nnc2s1. The van der Waals surface area contributed by atoms with Gasteiger partial charge in [0.2, 0.25) is 4.96 Å². The first-order valence-corrected chi connectivity index (χ1v) is 7.08. The zero-order valence-electron chi connectivity index (χ0n) is 10.4. The van der Waals surface area contributed by atoms with Gasteiger partial charge in [-0.05, 0) is 18.9 Å². The van der Waals surface area contributed by atoms with E-state index < -0.39 is 0 Å². The molecule has 1 aliphatic heterocycles. The van der Waals surface area contributed by atoms with Gasteiger partial charge in [-0.25, -0.2) is 0 Å². The third-order valence-corrected chi connectivity index (χ3v) is 4.20. The lowest BCUT2D eigenvalue weighted by Gasteiger charge is -2.04. The molecule has 0 saturated carbocycles. The quantitative estimate of drug-likeness (QED) is 0.887. The Morgan fingerprint density at radius 1 is 1.56 bits per heavy atom. The van der Waals surface area contributed by atoms with Crippen LogP contribution in [0.1, 0.15) is 30.1 Å². The van der Waals surface area contributed by atoms with Crippen LogP contribution in [0.15, 0.2) is 0 Å². The van der Waals surface area contributed by atoms with Gasteiger partial charge in [0.05, 0.1) is 6.61 Å². The van der Waals surface area contributed by atoms with E-state index in [9.17, 15) is 0 Å². The number of nitrogens with zero attached hydrogens (tertiary/aromatic N) is 4. The topological polar surface area (TPSA) is 78.3 Å². The second-order valence-electron chi connectivity index (χ2n) is 4.85. The van der Waals surface area contributed by atoms with Crippen LogP contribution in [0.5, 0.6) is 0 Å². The first-order chi connectivity index (χ1) is 8.78. The lowest BCUT2D eigenvalue weighted by molar-refractivity contribution is 0.193. The van der Waals surface area contributed by atoms with Gasteiger partial charge in [0.15, 0.2) is 5.82 Å². The molecule has 2 atom stereocenters. The molecule has 0 aromatic carbocycles. The van der Waals surface area contributed by atoms with Crippen molar-refractivity contribution < 1.29 is 4.74 Å². The molecule has 0 aliphatic carbocycles. The average Bonchev–Trinajstić information content (AvgIpc) is 3.03. The summed E-state index contributed by atoms with van der Waals surface area (Å²) in [5.74, 6) is 1.72. The van der Waals surface area contributed by atoms with E-state index in [1.165, 1.54) is 0 Å². The first kappa shape index (κ1) is 12.0. The van der Waals surface area contributed by atoms with Gasteiger partial charge in [0.25, 0.3) is 0 Å². The highest BCUT2D eigenvalue weighted by Crippen LogP contribution is 2.26. The van der Waals surface area contributed by atoms with Crippen LogP contribution < -0.4 is 5.73 Å². The highest BCUT2D eigenvalue weighted by molar-refractivity contribution is 7.16. The van der Waals surface area contributed by atoms with E-state index in [-0.39, 0.29) is 0 Å². The zero-order valence-corrected chi connectivity index (χ0v) is 11.2. The normalized spacial score (nSPS) is 21.8. The van der Waals surface area contributed by atoms with Gasteiger partial charge in [0, 0.05) is 18.9 Å². The molecule has 6 nitrogen and oxygen atoms in total. The molecule has 2 N–H and O–H groups in total. The minimum atomic E-state index is 0.335. The van der Waals surface area contributed by atoms with Gasteiger partial charge in [-0.2, -0.15) is 9.61 Å². The summed E-state index contributed by atoms with van der Waals surface area (Å²) in [7, 11) is 0. The number of fused-ring (bicyclic) bond motifs is 1. The van der Waals surface area contributed by atoms with Gasteiger partial charge >= 0.3 is 0 Å². The van der Waals surface area contributed by atoms with Crippen LogP contribution in [0.3, 0.4) is 0 Å². The van der Waals surface area contributed by atoms with Crippen molar-refractivity contribution in [1.29, 1.82) is 0 Å². The fourth-order valence-corrected chi connectivity index (χ4v) is 3.13. The van der Waals surface area contributed by atoms with Crippen molar-refractivity contribution in [2.45, 2.75) is 25.7 Å². The van der Waals surface area contributed by atoms with Crippen molar-refractivity contribution in [3.8, 4) is 0 Å². The van der Waals surface area contributed by atoms with Crippen molar-refractivity contribution in [3.63, 3.8) is 0 Å². The molecular formula is C11H17N5OS. The van der Waals surface area contributed by atoms with Crippen LogP contribution in [0, 0.1) is 5.92 Å². The minimum absolute atomic E-state index is 0.335. The molecule has 7 heteroatoms. The molecule has 1 saturated heterocycles. The molecular weight excluding hydrogens is 250 g/mol. The van der Waals surface area contributed by atoms with Crippen LogP contribution >= 0.6 is 11.3 Å². The summed E-state index contributed by atoms with van der Waals surface area (Å²) in [6.45, 7) is 4.35. The van der Waals surface area contributed by atoms with E-state index in [0.717, 1.165) is 41.8 Å². The predicted octanol–water partition coefficient (Wildman–Crippen LogP) is 0.827. The summed E-state index contributed by atoms with van der Waals surface area (Å²) < 4.78 is 7.27. The Morgan fingerprint density at radius 2 is 2.44 bits per heavy atom. The van der Waals surface area contributed by atoms with Gasteiger partial charge < -0.3 is 10.5 Å². The second kappa shape index (κ2) is 4.91. The maximum atomic E-state index is 5.64. The highest BCUT2D eigenvalue weighted by atomic mass is 32.1. The largest absolute Gasteiger partial charge is 0.381 e. The monoisotopic (exact) mass is 267 g/mol. The molecule has 0 bridgehead atoms. The fraction of sp³-hybridized carbons (Fsp3) is 0.727.